The lowest BCUT2D eigenvalue weighted by Gasteiger charge is -2.17. The zero-order valence-electron chi connectivity index (χ0n) is 14.0. The van der Waals surface area contributed by atoms with Crippen molar-refractivity contribution in [3.8, 4) is 11.5 Å². The van der Waals surface area contributed by atoms with Crippen molar-refractivity contribution in [1.82, 2.24) is 0 Å². The van der Waals surface area contributed by atoms with Crippen LogP contribution in [-0.2, 0) is 6.42 Å². The SMILES string of the molecule is CCCOc1ccc(CC(C)N)c(OCC(C)CCC)c1. The highest BCUT2D eigenvalue weighted by Crippen LogP contribution is 2.27. The summed E-state index contributed by atoms with van der Waals surface area (Å²) in [6, 6.07) is 6.22. The van der Waals surface area contributed by atoms with Crippen LogP contribution in [0.25, 0.3) is 0 Å². The molecule has 0 saturated carbocycles. The van der Waals surface area contributed by atoms with E-state index in [4.69, 9.17) is 15.2 Å². The second-order valence-corrected chi connectivity index (χ2v) is 6.00. The standard InChI is InChI=1S/C18H31NO2/c1-5-7-14(3)13-21-18-12-17(20-10-6-2)9-8-16(18)11-15(4)19/h8-9,12,14-15H,5-7,10-11,13,19H2,1-4H3. The molecule has 21 heavy (non-hydrogen) atoms. The number of rotatable bonds is 10. The van der Waals surface area contributed by atoms with Gasteiger partial charge in [0.25, 0.3) is 0 Å². The molecule has 0 aliphatic rings. The number of ether oxygens (including phenoxy) is 2. The maximum atomic E-state index is 6.04. The van der Waals surface area contributed by atoms with Crippen LogP contribution >= 0.6 is 0 Å². The van der Waals surface area contributed by atoms with Gasteiger partial charge in [-0.2, -0.15) is 0 Å². The van der Waals surface area contributed by atoms with E-state index in [0.29, 0.717) is 5.92 Å². The lowest BCUT2D eigenvalue weighted by molar-refractivity contribution is 0.246. The van der Waals surface area contributed by atoms with Crippen LogP contribution in [0.2, 0.25) is 0 Å². The summed E-state index contributed by atoms with van der Waals surface area (Å²) in [5.41, 5.74) is 7.09. The van der Waals surface area contributed by atoms with Gasteiger partial charge in [0.05, 0.1) is 13.2 Å². The van der Waals surface area contributed by atoms with E-state index < -0.39 is 0 Å². The fraction of sp³-hybridized carbons (Fsp3) is 0.667. The molecule has 0 bridgehead atoms. The smallest absolute Gasteiger partial charge is 0.126 e. The van der Waals surface area contributed by atoms with Crippen LogP contribution < -0.4 is 15.2 Å². The molecule has 2 unspecified atom stereocenters. The maximum absolute atomic E-state index is 6.04. The van der Waals surface area contributed by atoms with E-state index in [2.05, 4.69) is 26.8 Å². The van der Waals surface area contributed by atoms with Gasteiger partial charge in [-0.3, -0.25) is 0 Å². The number of hydrogen-bond acceptors (Lipinski definition) is 3. The van der Waals surface area contributed by atoms with Crippen LogP contribution in [0.5, 0.6) is 11.5 Å². The Morgan fingerprint density at radius 2 is 1.86 bits per heavy atom. The molecule has 0 heterocycles. The van der Waals surface area contributed by atoms with Gasteiger partial charge >= 0.3 is 0 Å². The summed E-state index contributed by atoms with van der Waals surface area (Å²) >= 11 is 0. The van der Waals surface area contributed by atoms with E-state index in [0.717, 1.165) is 43.1 Å². The van der Waals surface area contributed by atoms with Gasteiger partial charge in [0, 0.05) is 12.1 Å². The fourth-order valence-electron chi connectivity index (χ4n) is 2.30. The van der Waals surface area contributed by atoms with Crippen molar-refractivity contribution in [2.24, 2.45) is 11.7 Å². The Kier molecular flexibility index (Phi) is 8.21. The lowest BCUT2D eigenvalue weighted by Crippen LogP contribution is -2.19. The molecule has 0 fully saturated rings. The number of hydrogen-bond donors (Lipinski definition) is 1. The largest absolute Gasteiger partial charge is 0.493 e. The van der Waals surface area contributed by atoms with Gasteiger partial charge in [0.15, 0.2) is 0 Å². The predicted molar refractivity (Wildman–Crippen MR) is 89.1 cm³/mol. The first-order valence-corrected chi connectivity index (χ1v) is 8.20. The van der Waals surface area contributed by atoms with Crippen LogP contribution in [0.1, 0.15) is 52.5 Å². The highest BCUT2D eigenvalue weighted by molar-refractivity contribution is 5.41. The lowest BCUT2D eigenvalue weighted by atomic mass is 10.1. The summed E-state index contributed by atoms with van der Waals surface area (Å²) in [4.78, 5) is 0. The summed E-state index contributed by atoms with van der Waals surface area (Å²) in [5, 5.41) is 0. The Morgan fingerprint density at radius 1 is 1.10 bits per heavy atom. The topological polar surface area (TPSA) is 44.5 Å². The van der Waals surface area contributed by atoms with Gasteiger partial charge in [0.2, 0.25) is 0 Å². The summed E-state index contributed by atoms with van der Waals surface area (Å²) in [6.45, 7) is 10.0. The van der Waals surface area contributed by atoms with Crippen molar-refractivity contribution in [3.05, 3.63) is 23.8 Å². The molecule has 0 saturated heterocycles. The molecule has 0 aromatic heterocycles. The van der Waals surface area contributed by atoms with Crippen LogP contribution in [0.4, 0.5) is 0 Å². The second-order valence-electron chi connectivity index (χ2n) is 6.00. The molecule has 1 aromatic rings. The molecule has 3 heteroatoms. The average molecular weight is 293 g/mol. The zero-order chi connectivity index (χ0) is 15.7. The third-order valence-corrected chi connectivity index (χ3v) is 3.36. The van der Waals surface area contributed by atoms with Gasteiger partial charge in [-0.05, 0) is 43.7 Å². The Bertz CT molecular complexity index is 404. The Balaban J connectivity index is 2.77. The molecule has 0 amide bonds. The number of nitrogens with two attached hydrogens (primary N) is 1. The molecule has 0 aliphatic carbocycles. The van der Waals surface area contributed by atoms with E-state index >= 15 is 0 Å². The van der Waals surface area contributed by atoms with Crippen molar-refractivity contribution in [2.75, 3.05) is 13.2 Å². The molecule has 0 radical (unpaired) electrons. The monoisotopic (exact) mass is 293 g/mol. The first-order valence-electron chi connectivity index (χ1n) is 8.20. The van der Waals surface area contributed by atoms with Gasteiger partial charge in [-0.25, -0.2) is 0 Å². The minimum Gasteiger partial charge on any atom is -0.493 e. The van der Waals surface area contributed by atoms with E-state index in [-0.39, 0.29) is 6.04 Å². The highest BCUT2D eigenvalue weighted by Gasteiger charge is 2.10. The van der Waals surface area contributed by atoms with Gasteiger partial charge in [0.1, 0.15) is 11.5 Å². The first-order chi connectivity index (χ1) is 10.1. The van der Waals surface area contributed by atoms with E-state index in [1.54, 1.807) is 0 Å². The van der Waals surface area contributed by atoms with Crippen molar-refractivity contribution in [2.45, 2.75) is 59.4 Å². The molecule has 3 nitrogen and oxygen atoms in total. The molecule has 1 rings (SSSR count). The third-order valence-electron chi connectivity index (χ3n) is 3.36. The molecular formula is C18H31NO2. The van der Waals surface area contributed by atoms with E-state index in [1.165, 1.54) is 12.8 Å². The summed E-state index contributed by atoms with van der Waals surface area (Å²) in [5.74, 6) is 2.37. The Morgan fingerprint density at radius 3 is 2.48 bits per heavy atom. The predicted octanol–water partition coefficient (Wildman–Crippen LogP) is 4.18. The molecule has 2 N–H and O–H groups in total. The van der Waals surface area contributed by atoms with E-state index in [9.17, 15) is 0 Å². The van der Waals surface area contributed by atoms with Crippen LogP contribution in [0.15, 0.2) is 18.2 Å². The second kappa shape index (κ2) is 9.67. The third kappa shape index (κ3) is 6.85. The number of benzene rings is 1. The first kappa shape index (κ1) is 17.8. The van der Waals surface area contributed by atoms with Gasteiger partial charge in [-0.1, -0.05) is 33.3 Å². The molecule has 0 spiro atoms. The van der Waals surface area contributed by atoms with Gasteiger partial charge < -0.3 is 15.2 Å². The van der Waals surface area contributed by atoms with Crippen molar-refractivity contribution < 1.29 is 9.47 Å². The molecular weight excluding hydrogens is 262 g/mol. The minimum atomic E-state index is 0.128. The maximum Gasteiger partial charge on any atom is 0.126 e. The molecule has 2 atom stereocenters. The minimum absolute atomic E-state index is 0.128. The highest BCUT2D eigenvalue weighted by atomic mass is 16.5. The normalized spacial score (nSPS) is 13.8. The van der Waals surface area contributed by atoms with Crippen LogP contribution in [-0.4, -0.2) is 19.3 Å². The Hall–Kier alpha value is -1.22. The summed E-state index contributed by atoms with van der Waals surface area (Å²) in [7, 11) is 0. The van der Waals surface area contributed by atoms with Crippen LogP contribution in [0, 0.1) is 5.92 Å². The molecule has 1 aromatic carbocycles. The summed E-state index contributed by atoms with van der Waals surface area (Å²) < 4.78 is 11.7. The Labute approximate surface area is 129 Å². The van der Waals surface area contributed by atoms with Crippen molar-refractivity contribution >= 4 is 0 Å². The van der Waals surface area contributed by atoms with Crippen LogP contribution in [0.3, 0.4) is 0 Å². The fourth-order valence-corrected chi connectivity index (χ4v) is 2.30. The van der Waals surface area contributed by atoms with Crippen molar-refractivity contribution in [3.63, 3.8) is 0 Å². The zero-order valence-corrected chi connectivity index (χ0v) is 14.0. The summed E-state index contributed by atoms with van der Waals surface area (Å²) in [6.07, 6.45) is 4.21. The molecule has 120 valence electrons. The molecule has 0 aliphatic heterocycles. The van der Waals surface area contributed by atoms with Gasteiger partial charge in [-0.15, -0.1) is 0 Å². The van der Waals surface area contributed by atoms with Crippen molar-refractivity contribution in [1.29, 1.82) is 0 Å². The quantitative estimate of drug-likeness (QED) is 0.704. The average Bonchev–Trinajstić information content (AvgIpc) is 2.44. The van der Waals surface area contributed by atoms with E-state index in [1.807, 2.05) is 19.1 Å².